The van der Waals surface area contributed by atoms with Gasteiger partial charge in [0.2, 0.25) is 5.91 Å². The Morgan fingerprint density at radius 2 is 1.96 bits per heavy atom. The summed E-state index contributed by atoms with van der Waals surface area (Å²) in [5.41, 5.74) is 0.575. The Morgan fingerprint density at radius 3 is 2.61 bits per heavy atom. The monoisotopic (exact) mass is 324 g/mol. The van der Waals surface area contributed by atoms with Gasteiger partial charge >= 0.3 is 0 Å². The van der Waals surface area contributed by atoms with E-state index in [9.17, 15) is 9.18 Å². The SMILES string of the molecule is CCN(CC)CCOCCNC(=O)C(C)Cc1ccccc1F. The third-order valence-corrected chi connectivity index (χ3v) is 3.92. The molecule has 0 saturated carbocycles. The summed E-state index contributed by atoms with van der Waals surface area (Å²) in [6.07, 6.45) is 0.404. The van der Waals surface area contributed by atoms with Crippen molar-refractivity contribution < 1.29 is 13.9 Å². The number of rotatable bonds is 11. The number of hydrogen-bond acceptors (Lipinski definition) is 3. The number of benzene rings is 1. The fraction of sp³-hybridized carbons (Fsp3) is 0.611. The van der Waals surface area contributed by atoms with Crippen LogP contribution in [0.4, 0.5) is 4.39 Å². The van der Waals surface area contributed by atoms with E-state index in [0.717, 1.165) is 19.6 Å². The molecule has 0 aliphatic heterocycles. The summed E-state index contributed by atoms with van der Waals surface area (Å²) in [6.45, 7) is 10.7. The van der Waals surface area contributed by atoms with Crippen LogP contribution in [0, 0.1) is 11.7 Å². The van der Waals surface area contributed by atoms with E-state index in [4.69, 9.17) is 4.74 Å². The van der Waals surface area contributed by atoms with Gasteiger partial charge in [-0.3, -0.25) is 4.79 Å². The first kappa shape index (κ1) is 19.6. The lowest BCUT2D eigenvalue weighted by molar-refractivity contribution is -0.124. The Balaban J connectivity index is 2.17. The molecule has 0 fully saturated rings. The third-order valence-electron chi connectivity index (χ3n) is 3.92. The van der Waals surface area contributed by atoms with Crippen molar-refractivity contribution in [2.24, 2.45) is 5.92 Å². The predicted octanol–water partition coefficient (Wildman–Crippen LogP) is 2.48. The standard InChI is InChI=1S/C18H29FN2O2/c1-4-21(5-2)11-13-23-12-10-20-18(22)15(3)14-16-8-6-7-9-17(16)19/h6-9,15H,4-5,10-14H2,1-3H3,(H,20,22). The number of amides is 1. The summed E-state index contributed by atoms with van der Waals surface area (Å²) in [6, 6.07) is 6.57. The fourth-order valence-corrected chi connectivity index (χ4v) is 2.34. The molecular weight excluding hydrogens is 295 g/mol. The van der Waals surface area contributed by atoms with Crippen LogP contribution in [0.15, 0.2) is 24.3 Å². The van der Waals surface area contributed by atoms with Crippen LogP contribution >= 0.6 is 0 Å². The maximum Gasteiger partial charge on any atom is 0.223 e. The van der Waals surface area contributed by atoms with E-state index in [1.165, 1.54) is 6.07 Å². The third kappa shape index (κ3) is 7.57. The molecule has 0 aromatic heterocycles. The number of hydrogen-bond donors (Lipinski definition) is 1. The van der Waals surface area contributed by atoms with Crippen molar-refractivity contribution in [3.63, 3.8) is 0 Å². The molecule has 23 heavy (non-hydrogen) atoms. The number of carbonyl (C=O) groups is 1. The van der Waals surface area contributed by atoms with Crippen molar-refractivity contribution in [2.75, 3.05) is 39.4 Å². The first-order valence-corrected chi connectivity index (χ1v) is 8.39. The first-order chi connectivity index (χ1) is 11.1. The minimum atomic E-state index is -0.262. The summed E-state index contributed by atoms with van der Waals surface area (Å²) in [7, 11) is 0. The van der Waals surface area contributed by atoms with Gasteiger partial charge in [-0.05, 0) is 31.1 Å². The summed E-state index contributed by atoms with van der Waals surface area (Å²) in [4.78, 5) is 14.3. The number of likely N-dealkylation sites (N-methyl/N-ethyl adjacent to an activating group) is 1. The highest BCUT2D eigenvalue weighted by atomic mass is 19.1. The molecule has 4 nitrogen and oxygen atoms in total. The number of halogens is 1. The van der Waals surface area contributed by atoms with E-state index in [2.05, 4.69) is 24.1 Å². The molecule has 0 bridgehead atoms. The van der Waals surface area contributed by atoms with Crippen LogP contribution in [-0.4, -0.2) is 50.2 Å². The van der Waals surface area contributed by atoms with Crippen molar-refractivity contribution in [3.8, 4) is 0 Å². The molecule has 5 heteroatoms. The Bertz CT molecular complexity index is 464. The van der Waals surface area contributed by atoms with Crippen molar-refractivity contribution in [2.45, 2.75) is 27.2 Å². The Hall–Kier alpha value is -1.46. The second kappa shape index (κ2) is 11.1. The molecule has 1 unspecified atom stereocenters. The van der Waals surface area contributed by atoms with Crippen LogP contribution in [-0.2, 0) is 16.0 Å². The van der Waals surface area contributed by atoms with Crippen LogP contribution in [0.2, 0.25) is 0 Å². The Labute approximate surface area is 139 Å². The van der Waals surface area contributed by atoms with E-state index >= 15 is 0 Å². The summed E-state index contributed by atoms with van der Waals surface area (Å²) < 4.78 is 19.1. The number of ether oxygens (including phenoxy) is 1. The van der Waals surface area contributed by atoms with Crippen LogP contribution in [0.25, 0.3) is 0 Å². The molecule has 1 aromatic rings. The van der Waals surface area contributed by atoms with Gasteiger partial charge in [0.05, 0.1) is 13.2 Å². The lowest BCUT2D eigenvalue weighted by atomic mass is 10.00. The van der Waals surface area contributed by atoms with Gasteiger partial charge in [-0.2, -0.15) is 0 Å². The number of carbonyl (C=O) groups excluding carboxylic acids is 1. The van der Waals surface area contributed by atoms with Crippen molar-refractivity contribution in [3.05, 3.63) is 35.6 Å². The summed E-state index contributed by atoms with van der Waals surface area (Å²) >= 11 is 0. The molecule has 0 saturated heterocycles. The summed E-state index contributed by atoms with van der Waals surface area (Å²) in [5, 5.41) is 2.84. The quantitative estimate of drug-likeness (QED) is 0.636. The topological polar surface area (TPSA) is 41.6 Å². The largest absolute Gasteiger partial charge is 0.378 e. The molecule has 0 heterocycles. The second-order valence-corrected chi connectivity index (χ2v) is 5.63. The lowest BCUT2D eigenvalue weighted by Gasteiger charge is -2.17. The maximum atomic E-state index is 13.6. The van der Waals surface area contributed by atoms with Crippen molar-refractivity contribution >= 4 is 5.91 Å². The van der Waals surface area contributed by atoms with Gasteiger partial charge in [-0.15, -0.1) is 0 Å². The van der Waals surface area contributed by atoms with Crippen LogP contribution < -0.4 is 5.32 Å². The summed E-state index contributed by atoms with van der Waals surface area (Å²) in [5.74, 6) is -0.588. The Kier molecular flexibility index (Phi) is 9.48. The molecule has 0 spiro atoms. The second-order valence-electron chi connectivity index (χ2n) is 5.63. The molecule has 0 aliphatic rings. The van der Waals surface area contributed by atoms with Gasteiger partial charge in [0.15, 0.2) is 0 Å². The van der Waals surface area contributed by atoms with Crippen molar-refractivity contribution in [1.82, 2.24) is 10.2 Å². The molecule has 1 atom stereocenters. The Morgan fingerprint density at radius 1 is 1.26 bits per heavy atom. The van der Waals surface area contributed by atoms with E-state index in [1.54, 1.807) is 18.2 Å². The molecule has 0 radical (unpaired) electrons. The molecule has 1 N–H and O–H groups in total. The number of nitrogens with one attached hydrogen (secondary N) is 1. The van der Waals surface area contributed by atoms with Gasteiger partial charge in [0, 0.05) is 19.0 Å². The molecule has 130 valence electrons. The average Bonchev–Trinajstić information content (AvgIpc) is 2.56. The van der Waals surface area contributed by atoms with E-state index in [1.807, 2.05) is 6.92 Å². The van der Waals surface area contributed by atoms with E-state index < -0.39 is 0 Å². The fourth-order valence-electron chi connectivity index (χ4n) is 2.34. The van der Waals surface area contributed by atoms with Gasteiger partial charge in [0.1, 0.15) is 5.82 Å². The highest BCUT2D eigenvalue weighted by Gasteiger charge is 2.14. The molecule has 1 amide bonds. The lowest BCUT2D eigenvalue weighted by Crippen LogP contribution is -2.33. The average molecular weight is 324 g/mol. The minimum absolute atomic E-state index is 0.0689. The molecule has 1 aromatic carbocycles. The van der Waals surface area contributed by atoms with Gasteiger partial charge < -0.3 is 15.0 Å². The van der Waals surface area contributed by atoms with E-state index in [-0.39, 0.29) is 17.6 Å². The van der Waals surface area contributed by atoms with Crippen LogP contribution in [0.3, 0.4) is 0 Å². The van der Waals surface area contributed by atoms with Crippen molar-refractivity contribution in [1.29, 1.82) is 0 Å². The molecule has 1 rings (SSSR count). The van der Waals surface area contributed by atoms with E-state index in [0.29, 0.717) is 31.7 Å². The smallest absolute Gasteiger partial charge is 0.223 e. The highest BCUT2D eigenvalue weighted by Crippen LogP contribution is 2.12. The first-order valence-electron chi connectivity index (χ1n) is 8.39. The molecule has 0 aliphatic carbocycles. The number of nitrogens with zero attached hydrogens (tertiary/aromatic N) is 1. The van der Waals surface area contributed by atoms with Gasteiger partial charge in [0.25, 0.3) is 0 Å². The zero-order chi connectivity index (χ0) is 17.1. The molecular formula is C18H29FN2O2. The van der Waals surface area contributed by atoms with Crippen LogP contribution in [0.1, 0.15) is 26.3 Å². The van der Waals surface area contributed by atoms with Crippen LogP contribution in [0.5, 0.6) is 0 Å². The predicted molar refractivity (Wildman–Crippen MR) is 90.9 cm³/mol. The highest BCUT2D eigenvalue weighted by molar-refractivity contribution is 5.78. The van der Waals surface area contributed by atoms with Gasteiger partial charge in [-0.25, -0.2) is 4.39 Å². The van der Waals surface area contributed by atoms with Gasteiger partial charge in [-0.1, -0.05) is 39.0 Å². The zero-order valence-corrected chi connectivity index (χ0v) is 14.5. The zero-order valence-electron chi connectivity index (χ0n) is 14.5. The normalized spacial score (nSPS) is 12.4. The maximum absolute atomic E-state index is 13.6. The minimum Gasteiger partial charge on any atom is -0.378 e.